The number of furan rings is 1. The molecular weight excluding hydrogens is 311 g/mol. The van der Waals surface area contributed by atoms with E-state index in [4.69, 9.17) is 9.15 Å². The van der Waals surface area contributed by atoms with Gasteiger partial charge in [0, 0.05) is 23.1 Å². The van der Waals surface area contributed by atoms with E-state index in [1.165, 1.54) is 6.07 Å². The monoisotopic (exact) mass is 328 g/mol. The van der Waals surface area contributed by atoms with E-state index in [1.807, 2.05) is 0 Å². The van der Waals surface area contributed by atoms with Crippen LogP contribution < -0.4 is 0 Å². The van der Waals surface area contributed by atoms with Crippen molar-refractivity contribution in [2.45, 2.75) is 26.7 Å². The summed E-state index contributed by atoms with van der Waals surface area (Å²) in [5.74, 6) is -0.610. The topological polar surface area (TPSA) is 56.5 Å². The minimum Gasteiger partial charge on any atom is -0.460 e. The summed E-state index contributed by atoms with van der Waals surface area (Å²) in [5, 5.41) is 0. The van der Waals surface area contributed by atoms with Gasteiger partial charge < -0.3 is 9.15 Å². The number of allylic oxidation sites excluding steroid dienone is 1. The molecule has 0 saturated carbocycles. The summed E-state index contributed by atoms with van der Waals surface area (Å²) < 4.78 is 24.3. The van der Waals surface area contributed by atoms with Crippen molar-refractivity contribution in [2.75, 3.05) is 6.61 Å². The number of carbonyl (C=O) groups is 2. The summed E-state index contributed by atoms with van der Waals surface area (Å²) in [6.07, 6.45) is 2.49. The maximum atomic E-state index is 13.8. The number of ether oxygens (including phenoxy) is 1. The molecule has 1 aromatic carbocycles. The van der Waals surface area contributed by atoms with Gasteiger partial charge >= 0.3 is 5.97 Å². The predicted molar refractivity (Wildman–Crippen MR) is 86.4 cm³/mol. The first-order valence-corrected chi connectivity index (χ1v) is 7.82. The van der Waals surface area contributed by atoms with Crippen molar-refractivity contribution >= 4 is 17.8 Å². The smallest absolute Gasteiger partial charge is 0.374 e. The van der Waals surface area contributed by atoms with Crippen LogP contribution >= 0.6 is 0 Å². The maximum absolute atomic E-state index is 13.8. The Hall–Kier alpha value is -2.69. The first-order valence-electron chi connectivity index (χ1n) is 7.82. The molecule has 1 aliphatic carbocycles. The number of carbonyl (C=O) groups excluding carboxylic acids is 2. The first-order chi connectivity index (χ1) is 11.5. The third kappa shape index (κ3) is 2.77. The average Bonchev–Trinajstić information content (AvgIpc) is 2.90. The minimum atomic E-state index is -0.572. The van der Waals surface area contributed by atoms with Crippen molar-refractivity contribution in [2.24, 2.45) is 0 Å². The van der Waals surface area contributed by atoms with E-state index < -0.39 is 5.97 Å². The summed E-state index contributed by atoms with van der Waals surface area (Å²) in [7, 11) is 0. The molecule has 2 aromatic rings. The molecule has 0 amide bonds. The molecule has 3 rings (SSSR count). The lowest BCUT2D eigenvalue weighted by atomic mass is 9.88. The molecule has 5 heteroatoms. The molecule has 0 atom stereocenters. The minimum absolute atomic E-state index is 0.0716. The van der Waals surface area contributed by atoms with E-state index in [-0.39, 0.29) is 24.0 Å². The van der Waals surface area contributed by atoms with Crippen LogP contribution in [0.1, 0.15) is 51.1 Å². The van der Waals surface area contributed by atoms with Gasteiger partial charge in [-0.15, -0.1) is 0 Å². The molecule has 1 aliphatic rings. The zero-order valence-corrected chi connectivity index (χ0v) is 13.5. The fourth-order valence-electron chi connectivity index (χ4n) is 2.88. The van der Waals surface area contributed by atoms with Crippen molar-refractivity contribution in [3.8, 4) is 0 Å². The van der Waals surface area contributed by atoms with Crippen LogP contribution in [0.4, 0.5) is 4.39 Å². The third-order valence-electron chi connectivity index (χ3n) is 4.06. The van der Waals surface area contributed by atoms with Gasteiger partial charge in [-0.25, -0.2) is 9.18 Å². The van der Waals surface area contributed by atoms with E-state index in [0.717, 1.165) is 0 Å². The van der Waals surface area contributed by atoms with Crippen LogP contribution in [-0.2, 0) is 11.2 Å². The average molecular weight is 328 g/mol. The Balaban J connectivity index is 1.99. The van der Waals surface area contributed by atoms with Crippen molar-refractivity contribution in [1.29, 1.82) is 0 Å². The number of rotatable bonds is 3. The van der Waals surface area contributed by atoms with Gasteiger partial charge in [0.05, 0.1) is 12.2 Å². The van der Waals surface area contributed by atoms with Crippen LogP contribution in [-0.4, -0.2) is 18.4 Å². The van der Waals surface area contributed by atoms with Gasteiger partial charge in [0.15, 0.2) is 5.78 Å². The summed E-state index contributed by atoms with van der Waals surface area (Å²) in [4.78, 5) is 24.7. The second-order valence-electron chi connectivity index (χ2n) is 5.60. The number of Topliss-reactive ketones (excluding diaryl/α,β-unsaturated/α-hetero) is 1. The molecule has 0 radical (unpaired) electrons. The van der Waals surface area contributed by atoms with E-state index in [2.05, 4.69) is 0 Å². The molecule has 0 N–H and O–H groups in total. The molecule has 0 spiro atoms. The van der Waals surface area contributed by atoms with E-state index >= 15 is 0 Å². The Labute approximate surface area is 138 Å². The lowest BCUT2D eigenvalue weighted by Gasteiger charge is -2.13. The van der Waals surface area contributed by atoms with Gasteiger partial charge in [-0.1, -0.05) is 18.2 Å². The van der Waals surface area contributed by atoms with Crippen LogP contribution in [0.15, 0.2) is 34.3 Å². The number of hydrogen-bond donors (Lipinski definition) is 0. The fraction of sp³-hybridized carbons (Fsp3) is 0.263. The molecule has 0 aliphatic heterocycles. The van der Waals surface area contributed by atoms with E-state index in [1.54, 1.807) is 38.1 Å². The van der Waals surface area contributed by atoms with E-state index in [0.29, 0.717) is 40.9 Å². The van der Waals surface area contributed by atoms with Gasteiger partial charge in [-0.2, -0.15) is 0 Å². The Morgan fingerprint density at radius 1 is 1.33 bits per heavy atom. The van der Waals surface area contributed by atoms with Crippen LogP contribution in [0.25, 0.3) is 6.08 Å². The zero-order chi connectivity index (χ0) is 17.3. The summed E-state index contributed by atoms with van der Waals surface area (Å²) in [6, 6.07) is 6.30. The van der Waals surface area contributed by atoms with Crippen LogP contribution in [0.2, 0.25) is 0 Å². The highest BCUT2D eigenvalue weighted by Crippen LogP contribution is 2.33. The molecule has 24 heavy (non-hydrogen) atoms. The van der Waals surface area contributed by atoms with Crippen LogP contribution in [0.3, 0.4) is 0 Å². The number of ketones is 1. The van der Waals surface area contributed by atoms with Gasteiger partial charge in [0.25, 0.3) is 0 Å². The maximum Gasteiger partial charge on any atom is 0.374 e. The van der Waals surface area contributed by atoms with Crippen molar-refractivity contribution in [3.63, 3.8) is 0 Å². The molecule has 124 valence electrons. The molecule has 1 heterocycles. The second-order valence-corrected chi connectivity index (χ2v) is 5.60. The normalized spacial score (nSPS) is 15.5. The number of aryl methyl sites for hydroxylation is 1. The predicted octanol–water partition coefficient (Wildman–Crippen LogP) is 4.12. The highest BCUT2D eigenvalue weighted by atomic mass is 19.1. The fourth-order valence-corrected chi connectivity index (χ4v) is 2.88. The molecule has 1 aromatic heterocycles. The lowest BCUT2D eigenvalue weighted by molar-refractivity contribution is 0.0486. The molecule has 0 fully saturated rings. The molecule has 0 saturated heterocycles. The number of hydrogen-bond acceptors (Lipinski definition) is 4. The van der Waals surface area contributed by atoms with Gasteiger partial charge in [0.2, 0.25) is 5.76 Å². The highest BCUT2D eigenvalue weighted by Gasteiger charge is 2.32. The molecule has 0 bridgehead atoms. The van der Waals surface area contributed by atoms with Crippen LogP contribution in [0, 0.1) is 12.7 Å². The van der Waals surface area contributed by atoms with Crippen LogP contribution in [0.5, 0.6) is 0 Å². The standard InChI is InChI=1S/C19H17FO4/c1-3-23-19(22)18-11(2)16-15(24-18)9-8-13(17(16)21)10-12-6-4-5-7-14(12)20/h4-7,10H,3,8-9H2,1-2H3/b13-10-. The Kier molecular flexibility index (Phi) is 4.34. The van der Waals surface area contributed by atoms with Crippen molar-refractivity contribution in [3.05, 3.63) is 63.9 Å². The Morgan fingerprint density at radius 3 is 2.79 bits per heavy atom. The largest absolute Gasteiger partial charge is 0.460 e. The molecule has 0 unspecified atom stereocenters. The third-order valence-corrected chi connectivity index (χ3v) is 4.06. The van der Waals surface area contributed by atoms with Crippen molar-refractivity contribution in [1.82, 2.24) is 0 Å². The Bertz CT molecular complexity index is 845. The zero-order valence-electron chi connectivity index (χ0n) is 13.5. The van der Waals surface area contributed by atoms with Crippen molar-refractivity contribution < 1.29 is 23.1 Å². The van der Waals surface area contributed by atoms with Gasteiger partial charge in [0.1, 0.15) is 11.6 Å². The first kappa shape index (κ1) is 16.2. The molecule has 4 nitrogen and oxygen atoms in total. The quantitative estimate of drug-likeness (QED) is 0.628. The number of benzene rings is 1. The second kappa shape index (κ2) is 6.43. The van der Waals surface area contributed by atoms with Gasteiger partial charge in [-0.3, -0.25) is 4.79 Å². The Morgan fingerprint density at radius 2 is 2.08 bits per heavy atom. The number of esters is 1. The SMILES string of the molecule is CCOC(=O)c1oc2c(c1C)C(=O)/C(=C\c1ccccc1F)CC2. The number of fused-ring (bicyclic) bond motifs is 1. The summed E-state index contributed by atoms with van der Waals surface area (Å²) in [6.45, 7) is 3.60. The summed E-state index contributed by atoms with van der Waals surface area (Å²) >= 11 is 0. The lowest BCUT2D eigenvalue weighted by Crippen LogP contribution is -2.13. The highest BCUT2D eigenvalue weighted by molar-refractivity contribution is 6.14. The summed E-state index contributed by atoms with van der Waals surface area (Å²) in [5.41, 5.74) is 1.75. The van der Waals surface area contributed by atoms with Gasteiger partial charge in [-0.05, 0) is 32.4 Å². The van der Waals surface area contributed by atoms with E-state index in [9.17, 15) is 14.0 Å². The number of halogens is 1. The molecular formula is C19H17FO4.